The van der Waals surface area contributed by atoms with Crippen LogP contribution in [0.5, 0.6) is 0 Å². The molecule has 156 valence electrons. The van der Waals surface area contributed by atoms with E-state index < -0.39 is 12.2 Å². The molecule has 2 aromatic heterocycles. The van der Waals surface area contributed by atoms with Gasteiger partial charge in [-0.2, -0.15) is 5.26 Å². The molecule has 0 bridgehead atoms. The van der Waals surface area contributed by atoms with Crippen LogP contribution in [0.3, 0.4) is 0 Å². The van der Waals surface area contributed by atoms with Crippen molar-refractivity contribution in [1.82, 2.24) is 14.5 Å². The fraction of sp³-hybridized carbons (Fsp3) is 0.350. The van der Waals surface area contributed by atoms with Gasteiger partial charge in [0.1, 0.15) is 18.0 Å². The van der Waals surface area contributed by atoms with Crippen LogP contribution in [0.4, 0.5) is 10.6 Å². The number of primary amides is 1. The Bertz CT molecular complexity index is 1020. The van der Waals surface area contributed by atoms with E-state index in [2.05, 4.69) is 9.88 Å². The number of carbonyl (C=O) groups is 2. The van der Waals surface area contributed by atoms with Crippen LogP contribution in [0.1, 0.15) is 22.8 Å². The van der Waals surface area contributed by atoms with Crippen LogP contribution < -0.4 is 16.2 Å². The number of hydrogen-bond acceptors (Lipinski definition) is 7. The van der Waals surface area contributed by atoms with Crippen molar-refractivity contribution in [1.29, 1.82) is 5.26 Å². The summed E-state index contributed by atoms with van der Waals surface area (Å²) in [6.07, 6.45) is 1.48. The van der Waals surface area contributed by atoms with Crippen LogP contribution in [-0.2, 0) is 11.3 Å². The number of ether oxygens (including phenoxy) is 1. The number of pyridine rings is 2. The smallest absolute Gasteiger partial charge is 0.404 e. The van der Waals surface area contributed by atoms with Crippen molar-refractivity contribution in [3.63, 3.8) is 0 Å². The first-order valence-electron chi connectivity index (χ1n) is 9.44. The second-order valence-corrected chi connectivity index (χ2v) is 6.95. The Morgan fingerprint density at radius 2 is 1.97 bits per heavy atom. The molecule has 1 fully saturated rings. The summed E-state index contributed by atoms with van der Waals surface area (Å²) in [5.41, 5.74) is 5.57. The summed E-state index contributed by atoms with van der Waals surface area (Å²) < 4.78 is 6.18. The zero-order chi connectivity index (χ0) is 21.7. The largest absolute Gasteiger partial charge is 0.445 e. The topological polar surface area (TPSA) is 135 Å². The molecule has 30 heavy (non-hydrogen) atoms. The molecule has 0 saturated carbocycles. The molecule has 1 aliphatic heterocycles. The summed E-state index contributed by atoms with van der Waals surface area (Å²) in [7, 11) is 0. The first-order valence-corrected chi connectivity index (χ1v) is 9.44. The molecule has 2 aromatic rings. The molecule has 1 saturated heterocycles. The second-order valence-electron chi connectivity index (χ2n) is 6.95. The van der Waals surface area contributed by atoms with E-state index in [-0.39, 0.29) is 18.0 Å². The predicted octanol–water partition coefficient (Wildman–Crippen LogP) is 0.561. The molecule has 1 unspecified atom stereocenters. The molecule has 0 aliphatic carbocycles. The maximum atomic E-state index is 12.9. The minimum absolute atomic E-state index is 0.0982. The van der Waals surface area contributed by atoms with E-state index >= 15 is 0 Å². The number of nitrogens with zero attached hydrogens (tertiary/aromatic N) is 5. The molecule has 1 atom stereocenters. The van der Waals surface area contributed by atoms with Crippen molar-refractivity contribution in [2.75, 3.05) is 31.1 Å². The molecule has 1 aliphatic rings. The molecular weight excluding hydrogens is 388 g/mol. The number of hydrogen-bond donors (Lipinski definition) is 1. The highest BCUT2D eigenvalue weighted by Crippen LogP contribution is 2.15. The van der Waals surface area contributed by atoms with Crippen molar-refractivity contribution in [3.8, 4) is 6.07 Å². The Kier molecular flexibility index (Phi) is 6.32. The number of carbonyl (C=O) groups excluding carboxylic acids is 2. The number of amides is 2. The summed E-state index contributed by atoms with van der Waals surface area (Å²) in [6.45, 7) is 3.92. The Hall–Kier alpha value is -3.87. The lowest BCUT2D eigenvalue weighted by Gasteiger charge is -2.35. The van der Waals surface area contributed by atoms with Gasteiger partial charge < -0.3 is 24.8 Å². The van der Waals surface area contributed by atoms with Crippen molar-refractivity contribution < 1.29 is 14.3 Å². The lowest BCUT2D eigenvalue weighted by atomic mass is 10.2. The lowest BCUT2D eigenvalue weighted by molar-refractivity contribution is 0.0743. The fourth-order valence-electron chi connectivity index (χ4n) is 3.27. The van der Waals surface area contributed by atoms with Gasteiger partial charge in [-0.15, -0.1) is 0 Å². The van der Waals surface area contributed by atoms with E-state index in [1.807, 2.05) is 6.07 Å². The molecule has 3 heterocycles. The Morgan fingerprint density at radius 3 is 2.57 bits per heavy atom. The Labute approximate surface area is 173 Å². The van der Waals surface area contributed by atoms with E-state index in [9.17, 15) is 14.4 Å². The van der Waals surface area contributed by atoms with Gasteiger partial charge in [0, 0.05) is 44.6 Å². The van der Waals surface area contributed by atoms with E-state index in [4.69, 9.17) is 15.7 Å². The van der Waals surface area contributed by atoms with Crippen LogP contribution >= 0.6 is 0 Å². The van der Waals surface area contributed by atoms with Gasteiger partial charge in [-0.05, 0) is 25.1 Å². The number of rotatable bonds is 5. The molecule has 2 amide bonds. The van der Waals surface area contributed by atoms with Crippen molar-refractivity contribution in [2.45, 2.75) is 19.6 Å². The van der Waals surface area contributed by atoms with Gasteiger partial charge >= 0.3 is 6.09 Å². The number of aromatic nitrogens is 2. The maximum absolute atomic E-state index is 12.9. The van der Waals surface area contributed by atoms with Gasteiger partial charge in [0.25, 0.3) is 11.5 Å². The van der Waals surface area contributed by atoms with Crippen LogP contribution in [0.2, 0.25) is 0 Å². The van der Waals surface area contributed by atoms with Gasteiger partial charge in [0.05, 0.1) is 17.7 Å². The summed E-state index contributed by atoms with van der Waals surface area (Å²) in [5.74, 6) is 0.581. The number of nitrogens with two attached hydrogens (primary N) is 1. The standard InChI is InChI=1S/C20H22N6O4/c1-14(30-20(22)29)12-26-13-16(3-5-18(26)27)19(28)25-8-6-24(7-9-25)17-4-2-15(10-21)11-23-17/h2-5,11,13-14H,6-9,12H2,1H3,(H2,22,29). The SMILES string of the molecule is CC(Cn1cc(C(=O)N2CCN(c3ccc(C#N)cn3)CC2)ccc1=O)OC(N)=O. The normalized spacial score (nSPS) is 14.7. The number of nitriles is 1. The monoisotopic (exact) mass is 410 g/mol. The van der Waals surface area contributed by atoms with Gasteiger partial charge in [0.15, 0.2) is 0 Å². The third-order valence-corrected chi connectivity index (χ3v) is 4.77. The first kappa shape index (κ1) is 20.9. The zero-order valence-electron chi connectivity index (χ0n) is 16.5. The van der Waals surface area contributed by atoms with Crippen LogP contribution in [0.15, 0.2) is 41.5 Å². The van der Waals surface area contributed by atoms with Crippen LogP contribution in [0, 0.1) is 11.3 Å². The second kappa shape index (κ2) is 9.09. The van der Waals surface area contributed by atoms with Gasteiger partial charge in [-0.25, -0.2) is 9.78 Å². The maximum Gasteiger partial charge on any atom is 0.404 e. The van der Waals surface area contributed by atoms with E-state index in [0.29, 0.717) is 37.3 Å². The average Bonchev–Trinajstić information content (AvgIpc) is 2.74. The van der Waals surface area contributed by atoms with Gasteiger partial charge in [-0.1, -0.05) is 0 Å². The fourth-order valence-corrected chi connectivity index (χ4v) is 3.27. The van der Waals surface area contributed by atoms with Crippen molar-refractivity contribution in [2.24, 2.45) is 5.73 Å². The van der Waals surface area contributed by atoms with Crippen molar-refractivity contribution >= 4 is 17.8 Å². The van der Waals surface area contributed by atoms with Gasteiger partial charge in [-0.3, -0.25) is 9.59 Å². The quantitative estimate of drug-likeness (QED) is 0.761. The molecule has 10 nitrogen and oxygen atoms in total. The molecule has 0 aromatic carbocycles. The molecule has 2 N–H and O–H groups in total. The third kappa shape index (κ3) is 4.94. The van der Waals surface area contributed by atoms with E-state index in [1.165, 1.54) is 29.1 Å². The predicted molar refractivity (Wildman–Crippen MR) is 108 cm³/mol. The molecular formula is C20H22N6O4. The van der Waals surface area contributed by atoms with E-state index in [0.717, 1.165) is 5.82 Å². The van der Waals surface area contributed by atoms with Crippen LogP contribution in [0.25, 0.3) is 0 Å². The molecule has 0 spiro atoms. The van der Waals surface area contributed by atoms with E-state index in [1.54, 1.807) is 24.0 Å². The number of piperazine rings is 1. The zero-order valence-corrected chi connectivity index (χ0v) is 16.5. The Morgan fingerprint density at radius 1 is 1.23 bits per heavy atom. The minimum atomic E-state index is -0.919. The summed E-state index contributed by atoms with van der Waals surface area (Å²) in [6, 6.07) is 8.36. The highest BCUT2D eigenvalue weighted by atomic mass is 16.6. The summed E-state index contributed by atoms with van der Waals surface area (Å²) in [5, 5.41) is 8.87. The lowest BCUT2D eigenvalue weighted by Crippen LogP contribution is -2.49. The Balaban J connectivity index is 1.64. The molecule has 10 heteroatoms. The summed E-state index contributed by atoms with van der Waals surface area (Å²) in [4.78, 5) is 43.9. The number of anilines is 1. The first-order chi connectivity index (χ1) is 14.4. The van der Waals surface area contributed by atoms with Gasteiger partial charge in [0.2, 0.25) is 0 Å². The minimum Gasteiger partial charge on any atom is -0.445 e. The third-order valence-electron chi connectivity index (χ3n) is 4.77. The highest BCUT2D eigenvalue weighted by molar-refractivity contribution is 5.94. The molecule has 3 rings (SSSR count). The highest BCUT2D eigenvalue weighted by Gasteiger charge is 2.23. The summed E-state index contributed by atoms with van der Waals surface area (Å²) >= 11 is 0. The van der Waals surface area contributed by atoms with Crippen LogP contribution in [-0.4, -0.2) is 58.7 Å². The average molecular weight is 410 g/mol. The van der Waals surface area contributed by atoms with Crippen molar-refractivity contribution in [3.05, 3.63) is 58.1 Å². The molecule has 0 radical (unpaired) electrons.